The van der Waals surface area contributed by atoms with Gasteiger partial charge in [-0.15, -0.1) is 0 Å². The molecule has 0 aliphatic rings. The van der Waals surface area contributed by atoms with Gasteiger partial charge in [0, 0.05) is 36.8 Å². The minimum atomic E-state index is -0.159. The number of hydrogen-bond acceptors (Lipinski definition) is 4. The molecule has 26 heavy (non-hydrogen) atoms. The number of nitrogens with zero attached hydrogens (tertiary/aromatic N) is 4. The zero-order chi connectivity index (χ0) is 18.7. The minimum absolute atomic E-state index is 0.0140. The molecular weight excluding hydrogens is 326 g/mol. The highest BCUT2D eigenvalue weighted by molar-refractivity contribution is 6.00. The van der Waals surface area contributed by atoms with Crippen LogP contribution < -0.4 is 5.32 Å². The average molecular weight is 349 g/mol. The van der Waals surface area contributed by atoms with E-state index >= 15 is 0 Å². The molecule has 1 aromatic carbocycles. The fourth-order valence-electron chi connectivity index (χ4n) is 2.82. The number of aryl methyl sites for hydroxylation is 2. The Bertz CT molecular complexity index is 940. The van der Waals surface area contributed by atoms with Crippen LogP contribution in [-0.4, -0.2) is 39.2 Å². The van der Waals surface area contributed by atoms with Gasteiger partial charge in [-0.25, -0.2) is 4.79 Å². The number of rotatable bonds is 4. The highest BCUT2D eigenvalue weighted by atomic mass is 16.2. The molecule has 0 radical (unpaired) electrons. The smallest absolute Gasteiger partial charge is 0.321 e. The van der Waals surface area contributed by atoms with E-state index in [-0.39, 0.29) is 12.1 Å². The molecular formula is C20H23N5O. The first-order valence-corrected chi connectivity index (χ1v) is 8.63. The summed E-state index contributed by atoms with van der Waals surface area (Å²) >= 11 is 0. The maximum absolute atomic E-state index is 12.7. The molecule has 0 spiro atoms. The molecule has 3 rings (SSSR count). The van der Waals surface area contributed by atoms with Crippen molar-refractivity contribution in [2.45, 2.75) is 33.2 Å². The minimum Gasteiger partial charge on any atom is -0.324 e. The van der Waals surface area contributed by atoms with Crippen LogP contribution in [0.4, 0.5) is 10.5 Å². The molecule has 0 fully saturated rings. The predicted octanol–water partition coefficient (Wildman–Crippen LogP) is 3.74. The number of hydrogen-bond donors (Lipinski definition) is 1. The first-order valence-electron chi connectivity index (χ1n) is 8.63. The van der Waals surface area contributed by atoms with Crippen LogP contribution in [0.2, 0.25) is 0 Å². The molecule has 0 saturated carbocycles. The van der Waals surface area contributed by atoms with Crippen LogP contribution in [0.3, 0.4) is 0 Å². The molecule has 6 nitrogen and oxygen atoms in total. The molecule has 2 amide bonds. The molecule has 0 saturated heterocycles. The van der Waals surface area contributed by atoms with Gasteiger partial charge in [-0.05, 0) is 50.6 Å². The summed E-state index contributed by atoms with van der Waals surface area (Å²) in [6, 6.07) is 11.4. The number of amides is 2. The van der Waals surface area contributed by atoms with Gasteiger partial charge in [0.2, 0.25) is 0 Å². The van der Waals surface area contributed by atoms with Gasteiger partial charge in [0.05, 0.1) is 16.9 Å². The average Bonchev–Trinajstić information content (AvgIpc) is 2.63. The van der Waals surface area contributed by atoms with Crippen molar-refractivity contribution in [2.24, 2.45) is 0 Å². The fourth-order valence-corrected chi connectivity index (χ4v) is 2.82. The molecule has 6 heteroatoms. The molecule has 134 valence electrons. The summed E-state index contributed by atoms with van der Waals surface area (Å²) in [5, 5.41) is 12.1. The lowest BCUT2D eigenvalue weighted by Gasteiger charge is -2.25. The number of carbonyl (C=O) groups is 1. The number of nitrogens with one attached hydrogen (secondary N) is 1. The predicted molar refractivity (Wildman–Crippen MR) is 103 cm³/mol. The maximum atomic E-state index is 12.7. The first-order chi connectivity index (χ1) is 12.5. The van der Waals surface area contributed by atoms with E-state index in [9.17, 15) is 4.79 Å². The second-order valence-electron chi connectivity index (χ2n) is 6.59. The van der Waals surface area contributed by atoms with Crippen LogP contribution in [0.25, 0.3) is 10.9 Å². The lowest BCUT2D eigenvalue weighted by molar-refractivity contribution is 0.207. The maximum Gasteiger partial charge on any atom is 0.321 e. The SMILES string of the molecule is Cc1cc2c(NC(=O)N(C)C(C)Cc3ncccc3C)cccc2nn1. The summed E-state index contributed by atoms with van der Waals surface area (Å²) in [5.74, 6) is 0. The topological polar surface area (TPSA) is 71.0 Å². The van der Waals surface area contributed by atoms with Gasteiger partial charge >= 0.3 is 6.03 Å². The number of likely N-dealkylation sites (N-methyl/N-ethyl adjacent to an activating group) is 1. The van der Waals surface area contributed by atoms with Gasteiger partial charge in [0.15, 0.2) is 0 Å². The van der Waals surface area contributed by atoms with E-state index in [0.717, 1.165) is 33.5 Å². The number of carbonyl (C=O) groups excluding carboxylic acids is 1. The van der Waals surface area contributed by atoms with Crippen LogP contribution in [0.15, 0.2) is 42.6 Å². The standard InChI is InChI=1S/C20H23N5O/c1-13-7-6-10-21-19(13)12-15(3)25(4)20(26)22-17-8-5-9-18-16(17)11-14(2)23-24-18/h5-11,15H,12H2,1-4H3,(H,22,26). The zero-order valence-electron chi connectivity index (χ0n) is 15.5. The van der Waals surface area contributed by atoms with Crippen molar-refractivity contribution in [1.82, 2.24) is 20.1 Å². The van der Waals surface area contributed by atoms with Crippen LogP contribution >= 0.6 is 0 Å². The molecule has 1 N–H and O–H groups in total. The molecule has 3 aromatic rings. The Morgan fingerprint density at radius 1 is 1.19 bits per heavy atom. The van der Waals surface area contributed by atoms with Crippen molar-refractivity contribution in [3.05, 3.63) is 59.5 Å². The summed E-state index contributed by atoms with van der Waals surface area (Å²) in [6.45, 7) is 5.94. The summed E-state index contributed by atoms with van der Waals surface area (Å²) in [4.78, 5) is 18.8. The molecule has 1 unspecified atom stereocenters. The summed E-state index contributed by atoms with van der Waals surface area (Å²) in [6.07, 6.45) is 2.49. The summed E-state index contributed by atoms with van der Waals surface area (Å²) in [5.41, 5.74) is 4.45. The second-order valence-corrected chi connectivity index (χ2v) is 6.59. The number of pyridine rings is 1. The van der Waals surface area contributed by atoms with Gasteiger partial charge in [-0.3, -0.25) is 4.98 Å². The first kappa shape index (κ1) is 17.8. The molecule has 2 heterocycles. The van der Waals surface area contributed by atoms with Gasteiger partial charge in [-0.1, -0.05) is 12.1 Å². The number of aromatic nitrogens is 3. The highest BCUT2D eigenvalue weighted by Gasteiger charge is 2.18. The van der Waals surface area contributed by atoms with Crippen molar-refractivity contribution >= 4 is 22.6 Å². The Kier molecular flexibility index (Phi) is 5.11. The van der Waals surface area contributed by atoms with Crippen molar-refractivity contribution in [3.63, 3.8) is 0 Å². The molecule has 0 aliphatic heterocycles. The van der Waals surface area contributed by atoms with E-state index in [4.69, 9.17) is 0 Å². The van der Waals surface area contributed by atoms with Crippen molar-refractivity contribution in [3.8, 4) is 0 Å². The zero-order valence-corrected chi connectivity index (χ0v) is 15.5. The Hall–Kier alpha value is -3.02. The third-order valence-electron chi connectivity index (χ3n) is 4.58. The quantitative estimate of drug-likeness (QED) is 0.779. The summed E-state index contributed by atoms with van der Waals surface area (Å²) < 4.78 is 0. The van der Waals surface area contributed by atoms with Gasteiger partial charge in [-0.2, -0.15) is 10.2 Å². The molecule has 2 aromatic heterocycles. The monoisotopic (exact) mass is 349 g/mol. The van der Waals surface area contributed by atoms with Gasteiger partial charge in [0.25, 0.3) is 0 Å². The Morgan fingerprint density at radius 3 is 2.77 bits per heavy atom. The van der Waals surface area contributed by atoms with E-state index < -0.39 is 0 Å². The molecule has 0 aliphatic carbocycles. The third-order valence-corrected chi connectivity index (χ3v) is 4.58. The van der Waals surface area contributed by atoms with Crippen molar-refractivity contribution in [1.29, 1.82) is 0 Å². The third kappa shape index (κ3) is 3.79. The van der Waals surface area contributed by atoms with Crippen LogP contribution in [0.1, 0.15) is 23.9 Å². The van der Waals surface area contributed by atoms with Gasteiger partial charge < -0.3 is 10.2 Å². The molecule has 1 atom stereocenters. The van der Waals surface area contributed by atoms with E-state index in [1.54, 1.807) is 18.1 Å². The van der Waals surface area contributed by atoms with Crippen molar-refractivity contribution < 1.29 is 4.79 Å². The normalized spacial score (nSPS) is 12.0. The lowest BCUT2D eigenvalue weighted by Crippen LogP contribution is -2.39. The van der Waals surface area contributed by atoms with Crippen LogP contribution in [-0.2, 0) is 6.42 Å². The van der Waals surface area contributed by atoms with Crippen LogP contribution in [0.5, 0.6) is 0 Å². The fraction of sp³-hybridized carbons (Fsp3) is 0.300. The largest absolute Gasteiger partial charge is 0.324 e. The second kappa shape index (κ2) is 7.47. The van der Waals surface area contributed by atoms with E-state index in [0.29, 0.717) is 6.42 Å². The number of fused-ring (bicyclic) bond motifs is 1. The Labute approximate surface area is 153 Å². The number of urea groups is 1. The summed E-state index contributed by atoms with van der Waals surface area (Å²) in [7, 11) is 1.80. The van der Waals surface area contributed by atoms with E-state index in [1.807, 2.05) is 57.2 Å². The Balaban J connectivity index is 1.75. The van der Waals surface area contributed by atoms with E-state index in [2.05, 4.69) is 20.5 Å². The number of anilines is 1. The number of benzene rings is 1. The van der Waals surface area contributed by atoms with Crippen molar-refractivity contribution in [2.75, 3.05) is 12.4 Å². The molecule has 0 bridgehead atoms. The Morgan fingerprint density at radius 2 is 2.00 bits per heavy atom. The lowest BCUT2D eigenvalue weighted by atomic mass is 10.1. The van der Waals surface area contributed by atoms with Gasteiger partial charge in [0.1, 0.15) is 0 Å². The van der Waals surface area contributed by atoms with E-state index in [1.165, 1.54) is 0 Å². The van der Waals surface area contributed by atoms with Crippen LogP contribution in [0, 0.1) is 13.8 Å². The highest BCUT2D eigenvalue weighted by Crippen LogP contribution is 2.22.